The van der Waals surface area contributed by atoms with Gasteiger partial charge in [0.05, 0.1) is 17.1 Å². The molecule has 0 unspecified atom stereocenters. The van der Waals surface area contributed by atoms with Crippen LogP contribution < -0.4 is 5.73 Å². The predicted molar refractivity (Wildman–Crippen MR) is 70.6 cm³/mol. The van der Waals surface area contributed by atoms with Crippen LogP contribution in [0.3, 0.4) is 0 Å². The number of anilines is 1. The minimum absolute atomic E-state index is 0.0268. The third-order valence-corrected chi connectivity index (χ3v) is 4.77. The van der Waals surface area contributed by atoms with Crippen molar-refractivity contribution in [2.24, 2.45) is 0 Å². The number of halogens is 1. The van der Waals surface area contributed by atoms with Crippen molar-refractivity contribution in [3.8, 4) is 0 Å². The molecule has 1 aromatic carbocycles. The highest BCUT2D eigenvalue weighted by molar-refractivity contribution is 7.89. The lowest BCUT2D eigenvalue weighted by Gasteiger charge is -2.17. The number of nitrogens with one attached hydrogen (secondary N) is 1. The number of nitrogen functional groups attached to an aromatic ring is 1. The zero-order valence-electron chi connectivity index (χ0n) is 11.0. The van der Waals surface area contributed by atoms with Gasteiger partial charge in [-0.05, 0) is 24.6 Å². The Morgan fingerprint density at radius 1 is 1.45 bits per heavy atom. The second-order valence-electron chi connectivity index (χ2n) is 4.33. The standard InChI is InChI=1S/C11H14FN5O2S/c1-7-3-8(12)9(13)4-10(7)20(18,19)17(2)5-11-14-6-15-16-11/h3-4,6H,5,13H2,1-2H3,(H,14,15,16). The van der Waals surface area contributed by atoms with Crippen molar-refractivity contribution in [1.29, 1.82) is 0 Å². The molecule has 0 aliphatic heterocycles. The molecule has 0 radical (unpaired) electrons. The van der Waals surface area contributed by atoms with Crippen LogP contribution in [0.25, 0.3) is 0 Å². The van der Waals surface area contributed by atoms with Gasteiger partial charge >= 0.3 is 0 Å². The Labute approximate surface area is 115 Å². The molecule has 20 heavy (non-hydrogen) atoms. The SMILES string of the molecule is Cc1cc(F)c(N)cc1S(=O)(=O)N(C)Cc1ncn[nH]1. The van der Waals surface area contributed by atoms with Gasteiger partial charge in [-0.2, -0.15) is 9.40 Å². The van der Waals surface area contributed by atoms with Gasteiger partial charge in [0.2, 0.25) is 10.0 Å². The van der Waals surface area contributed by atoms with E-state index in [1.807, 2.05) is 0 Å². The first kappa shape index (κ1) is 14.4. The Hall–Kier alpha value is -2.00. The predicted octanol–water partition coefficient (Wildman–Crippen LogP) is 0.655. The second kappa shape index (κ2) is 5.17. The molecule has 108 valence electrons. The van der Waals surface area contributed by atoms with Gasteiger partial charge in [0, 0.05) is 7.05 Å². The Bertz CT molecular complexity index is 715. The first-order chi connectivity index (χ1) is 9.32. The van der Waals surface area contributed by atoms with Gasteiger partial charge in [0.25, 0.3) is 0 Å². The average molecular weight is 299 g/mol. The summed E-state index contributed by atoms with van der Waals surface area (Å²) in [6, 6.07) is 2.22. The minimum atomic E-state index is -3.79. The summed E-state index contributed by atoms with van der Waals surface area (Å²) < 4.78 is 39.2. The van der Waals surface area contributed by atoms with E-state index in [0.29, 0.717) is 11.4 Å². The van der Waals surface area contributed by atoms with E-state index in [9.17, 15) is 12.8 Å². The molecule has 1 aromatic heterocycles. The van der Waals surface area contributed by atoms with Crippen LogP contribution in [-0.2, 0) is 16.6 Å². The number of nitrogens with two attached hydrogens (primary N) is 1. The van der Waals surface area contributed by atoms with Crippen molar-refractivity contribution < 1.29 is 12.8 Å². The van der Waals surface area contributed by atoms with Gasteiger partial charge in [0.15, 0.2) is 0 Å². The third kappa shape index (κ3) is 2.63. The molecule has 0 saturated heterocycles. The third-order valence-electron chi connectivity index (χ3n) is 2.82. The van der Waals surface area contributed by atoms with Crippen LogP contribution in [-0.4, -0.2) is 35.0 Å². The smallest absolute Gasteiger partial charge is 0.243 e. The molecule has 2 aromatic rings. The lowest BCUT2D eigenvalue weighted by molar-refractivity contribution is 0.456. The monoisotopic (exact) mass is 299 g/mol. The highest BCUT2D eigenvalue weighted by Gasteiger charge is 2.24. The zero-order valence-corrected chi connectivity index (χ0v) is 11.8. The molecular weight excluding hydrogens is 285 g/mol. The van der Waals surface area contributed by atoms with Gasteiger partial charge in [-0.3, -0.25) is 5.10 Å². The number of aromatic amines is 1. The molecule has 9 heteroatoms. The van der Waals surface area contributed by atoms with E-state index >= 15 is 0 Å². The van der Waals surface area contributed by atoms with E-state index in [4.69, 9.17) is 5.73 Å². The molecule has 0 atom stereocenters. The fourth-order valence-electron chi connectivity index (χ4n) is 1.72. The Morgan fingerprint density at radius 3 is 2.75 bits per heavy atom. The lowest BCUT2D eigenvalue weighted by Crippen LogP contribution is -2.27. The van der Waals surface area contributed by atoms with Gasteiger partial charge in [-0.1, -0.05) is 0 Å². The maximum atomic E-state index is 13.3. The van der Waals surface area contributed by atoms with Crippen LogP contribution in [0.5, 0.6) is 0 Å². The molecule has 0 bridgehead atoms. The largest absolute Gasteiger partial charge is 0.396 e. The summed E-state index contributed by atoms with van der Waals surface area (Å²) in [6.07, 6.45) is 1.29. The van der Waals surface area contributed by atoms with Gasteiger partial charge in [0.1, 0.15) is 18.0 Å². The van der Waals surface area contributed by atoms with E-state index < -0.39 is 15.8 Å². The molecule has 1 heterocycles. The van der Waals surface area contributed by atoms with Gasteiger partial charge in [-0.15, -0.1) is 0 Å². The van der Waals surface area contributed by atoms with Crippen molar-refractivity contribution in [3.63, 3.8) is 0 Å². The van der Waals surface area contributed by atoms with Crippen molar-refractivity contribution >= 4 is 15.7 Å². The van der Waals surface area contributed by atoms with Crippen LogP contribution in [0.4, 0.5) is 10.1 Å². The van der Waals surface area contributed by atoms with Crippen molar-refractivity contribution in [3.05, 3.63) is 35.7 Å². The fraction of sp³-hybridized carbons (Fsp3) is 0.273. The molecule has 0 saturated carbocycles. The topological polar surface area (TPSA) is 105 Å². The van der Waals surface area contributed by atoms with E-state index in [1.54, 1.807) is 0 Å². The van der Waals surface area contributed by atoms with E-state index in [2.05, 4.69) is 15.2 Å². The molecular formula is C11H14FN5O2S. The minimum Gasteiger partial charge on any atom is -0.396 e. The molecule has 0 fully saturated rings. The summed E-state index contributed by atoms with van der Waals surface area (Å²) in [5, 5.41) is 6.22. The van der Waals surface area contributed by atoms with E-state index in [0.717, 1.165) is 16.4 Å². The van der Waals surface area contributed by atoms with Crippen molar-refractivity contribution in [2.45, 2.75) is 18.4 Å². The van der Waals surface area contributed by atoms with Gasteiger partial charge < -0.3 is 5.73 Å². The number of sulfonamides is 1. The summed E-state index contributed by atoms with van der Waals surface area (Å²) in [5.74, 6) is -0.233. The fourth-order valence-corrected chi connectivity index (χ4v) is 3.09. The summed E-state index contributed by atoms with van der Waals surface area (Å²) in [7, 11) is -2.39. The number of H-pyrrole nitrogens is 1. The molecule has 3 N–H and O–H groups in total. The summed E-state index contributed by atoms with van der Waals surface area (Å²) in [6.45, 7) is 1.54. The first-order valence-corrected chi connectivity index (χ1v) is 7.12. The number of rotatable bonds is 4. The molecule has 0 spiro atoms. The Kier molecular flexibility index (Phi) is 3.73. The number of benzene rings is 1. The maximum Gasteiger partial charge on any atom is 0.243 e. The summed E-state index contributed by atoms with van der Waals surface area (Å²) in [4.78, 5) is 3.83. The van der Waals surface area contributed by atoms with Crippen molar-refractivity contribution in [2.75, 3.05) is 12.8 Å². The number of hydrogen-bond acceptors (Lipinski definition) is 5. The Morgan fingerprint density at radius 2 is 2.15 bits per heavy atom. The van der Waals surface area contributed by atoms with Crippen LogP contribution in [0, 0.1) is 12.7 Å². The van der Waals surface area contributed by atoms with Crippen LogP contribution in [0.15, 0.2) is 23.4 Å². The highest BCUT2D eigenvalue weighted by atomic mass is 32.2. The molecule has 0 aliphatic rings. The number of nitrogens with zero attached hydrogens (tertiary/aromatic N) is 3. The quantitative estimate of drug-likeness (QED) is 0.807. The maximum absolute atomic E-state index is 13.3. The summed E-state index contributed by atoms with van der Waals surface area (Å²) in [5.41, 5.74) is 5.52. The molecule has 0 amide bonds. The van der Waals surface area contributed by atoms with E-state index in [1.165, 1.54) is 20.3 Å². The Balaban J connectivity index is 2.37. The number of aryl methyl sites for hydroxylation is 1. The summed E-state index contributed by atoms with van der Waals surface area (Å²) >= 11 is 0. The van der Waals surface area contributed by atoms with E-state index in [-0.39, 0.29) is 17.1 Å². The highest BCUT2D eigenvalue weighted by Crippen LogP contribution is 2.24. The second-order valence-corrected chi connectivity index (χ2v) is 6.35. The lowest BCUT2D eigenvalue weighted by atomic mass is 10.2. The van der Waals surface area contributed by atoms with Gasteiger partial charge in [-0.25, -0.2) is 17.8 Å². The van der Waals surface area contributed by atoms with Crippen LogP contribution in [0.2, 0.25) is 0 Å². The van der Waals surface area contributed by atoms with Crippen molar-refractivity contribution in [1.82, 2.24) is 19.5 Å². The molecule has 0 aliphatic carbocycles. The van der Waals surface area contributed by atoms with Crippen LogP contribution >= 0.6 is 0 Å². The molecule has 2 rings (SSSR count). The number of aromatic nitrogens is 3. The van der Waals surface area contributed by atoms with Crippen LogP contribution in [0.1, 0.15) is 11.4 Å². The number of hydrogen-bond donors (Lipinski definition) is 2. The molecule has 7 nitrogen and oxygen atoms in total. The average Bonchev–Trinajstić information content (AvgIpc) is 2.86. The normalized spacial score (nSPS) is 12.0. The first-order valence-electron chi connectivity index (χ1n) is 5.68. The zero-order chi connectivity index (χ0) is 14.9.